The van der Waals surface area contributed by atoms with Crippen molar-refractivity contribution in [3.63, 3.8) is 0 Å². The molecule has 1 saturated carbocycles. The molecule has 0 bridgehead atoms. The number of ether oxygens (including phenoxy) is 1. The maximum absolute atomic E-state index is 12.4. The highest BCUT2D eigenvalue weighted by atomic mass is 35.5. The van der Waals surface area contributed by atoms with E-state index in [-0.39, 0.29) is 23.1 Å². The van der Waals surface area contributed by atoms with Gasteiger partial charge in [-0.3, -0.25) is 0 Å². The van der Waals surface area contributed by atoms with Crippen LogP contribution in [0.1, 0.15) is 18.9 Å². The van der Waals surface area contributed by atoms with Crippen LogP contribution in [0.4, 0.5) is 0 Å². The van der Waals surface area contributed by atoms with Gasteiger partial charge in [0.25, 0.3) is 0 Å². The Bertz CT molecular complexity index is 589. The van der Waals surface area contributed by atoms with Crippen LogP contribution in [-0.2, 0) is 14.8 Å². The molecule has 0 amide bonds. The molecule has 5 nitrogen and oxygen atoms in total. The maximum Gasteiger partial charge on any atom is 0.241 e. The van der Waals surface area contributed by atoms with Crippen molar-refractivity contribution in [3.05, 3.63) is 28.8 Å². The summed E-state index contributed by atoms with van der Waals surface area (Å²) in [7, 11) is -3.62. The number of sulfonamides is 1. The zero-order valence-electron chi connectivity index (χ0n) is 11.5. The first-order valence-corrected chi connectivity index (χ1v) is 8.37. The summed E-state index contributed by atoms with van der Waals surface area (Å²) in [5.41, 5.74) is 6.47. The summed E-state index contributed by atoms with van der Waals surface area (Å²) in [5.74, 6) is 0. The van der Waals surface area contributed by atoms with E-state index in [1.807, 2.05) is 6.92 Å². The van der Waals surface area contributed by atoms with Gasteiger partial charge in [0, 0.05) is 17.7 Å². The van der Waals surface area contributed by atoms with E-state index >= 15 is 0 Å². The Morgan fingerprint density at radius 2 is 2.20 bits per heavy atom. The van der Waals surface area contributed by atoms with Gasteiger partial charge in [0.2, 0.25) is 10.0 Å². The number of rotatable bonds is 5. The predicted molar refractivity (Wildman–Crippen MR) is 78.3 cm³/mol. The van der Waals surface area contributed by atoms with E-state index in [1.165, 1.54) is 6.07 Å². The number of hydrogen-bond acceptors (Lipinski definition) is 4. The highest BCUT2D eigenvalue weighted by Crippen LogP contribution is 2.26. The van der Waals surface area contributed by atoms with Crippen LogP contribution in [0.15, 0.2) is 23.1 Å². The highest BCUT2D eigenvalue weighted by molar-refractivity contribution is 7.89. The lowest BCUT2D eigenvalue weighted by molar-refractivity contribution is -0.0248. The molecular formula is C13H19ClN2O3S. The molecule has 1 fully saturated rings. The molecule has 7 heteroatoms. The van der Waals surface area contributed by atoms with Crippen molar-refractivity contribution in [2.45, 2.75) is 43.4 Å². The monoisotopic (exact) mass is 318 g/mol. The van der Waals surface area contributed by atoms with Gasteiger partial charge in [-0.2, -0.15) is 0 Å². The third-order valence-corrected chi connectivity index (χ3v) is 5.32. The van der Waals surface area contributed by atoms with E-state index in [1.54, 1.807) is 19.1 Å². The van der Waals surface area contributed by atoms with E-state index in [2.05, 4.69) is 4.72 Å². The fourth-order valence-corrected chi connectivity index (χ4v) is 4.12. The second-order valence-corrected chi connectivity index (χ2v) is 7.07. The van der Waals surface area contributed by atoms with Crippen LogP contribution in [0.3, 0.4) is 0 Å². The number of nitrogens with one attached hydrogen (secondary N) is 1. The van der Waals surface area contributed by atoms with Gasteiger partial charge >= 0.3 is 0 Å². The SMILES string of the molecule is CCOC1CC(N)C1NS(=O)(=O)c1ccc(Cl)cc1C. The Kier molecular flexibility index (Phi) is 4.71. The summed E-state index contributed by atoms with van der Waals surface area (Å²) in [6.07, 6.45) is 0.512. The topological polar surface area (TPSA) is 81.4 Å². The van der Waals surface area contributed by atoms with Gasteiger partial charge in [0.1, 0.15) is 0 Å². The molecule has 1 aliphatic rings. The van der Waals surface area contributed by atoms with E-state index in [0.717, 1.165) is 0 Å². The molecule has 1 aromatic rings. The molecule has 3 atom stereocenters. The van der Waals surface area contributed by atoms with E-state index in [4.69, 9.17) is 22.1 Å². The second-order valence-electron chi connectivity index (χ2n) is 4.95. The fourth-order valence-electron chi connectivity index (χ4n) is 2.35. The molecule has 1 aliphatic carbocycles. The summed E-state index contributed by atoms with van der Waals surface area (Å²) < 4.78 is 32.9. The van der Waals surface area contributed by atoms with Gasteiger partial charge in [0.05, 0.1) is 17.0 Å². The molecule has 0 saturated heterocycles. The standard InChI is InChI=1S/C13H19ClN2O3S/c1-3-19-11-7-10(15)13(11)16-20(17,18)12-5-4-9(14)6-8(12)2/h4-6,10-11,13,16H,3,7,15H2,1-2H3. The lowest BCUT2D eigenvalue weighted by Crippen LogP contribution is -2.64. The lowest BCUT2D eigenvalue weighted by atomic mass is 9.84. The molecule has 0 spiro atoms. The molecule has 112 valence electrons. The summed E-state index contributed by atoms with van der Waals surface area (Å²) in [6, 6.07) is 4.09. The highest BCUT2D eigenvalue weighted by Gasteiger charge is 2.42. The lowest BCUT2D eigenvalue weighted by Gasteiger charge is -2.42. The minimum absolute atomic E-state index is 0.155. The van der Waals surface area contributed by atoms with E-state index in [9.17, 15) is 8.42 Å². The predicted octanol–water partition coefficient (Wildman–Crippen LogP) is 1.43. The molecule has 3 N–H and O–H groups in total. The van der Waals surface area contributed by atoms with E-state index < -0.39 is 10.0 Å². The summed E-state index contributed by atoms with van der Waals surface area (Å²) in [6.45, 7) is 4.12. The van der Waals surface area contributed by atoms with Crippen LogP contribution >= 0.6 is 11.6 Å². The molecule has 2 rings (SSSR count). The molecular weight excluding hydrogens is 300 g/mol. The van der Waals surface area contributed by atoms with Gasteiger partial charge < -0.3 is 10.5 Å². The van der Waals surface area contributed by atoms with Crippen molar-refractivity contribution in [1.82, 2.24) is 4.72 Å². The van der Waals surface area contributed by atoms with Crippen LogP contribution in [0.5, 0.6) is 0 Å². The minimum Gasteiger partial charge on any atom is -0.377 e. The average Bonchev–Trinajstić information content (AvgIpc) is 2.35. The first kappa shape index (κ1) is 15.7. The Labute approximate surface area is 124 Å². The Morgan fingerprint density at radius 3 is 2.75 bits per heavy atom. The number of aryl methyl sites for hydroxylation is 1. The summed E-state index contributed by atoms with van der Waals surface area (Å²) in [4.78, 5) is 0.219. The van der Waals surface area contributed by atoms with Crippen molar-refractivity contribution in [3.8, 4) is 0 Å². The van der Waals surface area contributed by atoms with Crippen molar-refractivity contribution in [2.24, 2.45) is 5.73 Å². The zero-order valence-corrected chi connectivity index (χ0v) is 13.0. The Balaban J connectivity index is 2.18. The van der Waals surface area contributed by atoms with Crippen molar-refractivity contribution >= 4 is 21.6 Å². The number of benzene rings is 1. The van der Waals surface area contributed by atoms with E-state index in [0.29, 0.717) is 23.6 Å². The molecule has 3 unspecified atom stereocenters. The van der Waals surface area contributed by atoms with Gasteiger partial charge in [-0.15, -0.1) is 0 Å². The third kappa shape index (κ3) is 3.15. The first-order valence-electron chi connectivity index (χ1n) is 6.51. The molecule has 1 aromatic carbocycles. The maximum atomic E-state index is 12.4. The Hall–Kier alpha value is -0.660. The number of hydrogen-bond donors (Lipinski definition) is 2. The quantitative estimate of drug-likeness (QED) is 0.860. The van der Waals surface area contributed by atoms with Crippen molar-refractivity contribution in [1.29, 1.82) is 0 Å². The third-order valence-electron chi connectivity index (χ3n) is 3.46. The van der Waals surface area contributed by atoms with Crippen LogP contribution in [0.25, 0.3) is 0 Å². The zero-order chi connectivity index (χ0) is 14.9. The minimum atomic E-state index is -3.62. The van der Waals surface area contributed by atoms with Gasteiger partial charge in [-0.05, 0) is 44.0 Å². The smallest absolute Gasteiger partial charge is 0.241 e. The number of halogens is 1. The Morgan fingerprint density at radius 1 is 1.50 bits per heavy atom. The van der Waals surface area contributed by atoms with Crippen LogP contribution in [-0.4, -0.2) is 33.2 Å². The fraction of sp³-hybridized carbons (Fsp3) is 0.538. The first-order chi connectivity index (χ1) is 9.35. The summed E-state index contributed by atoms with van der Waals surface area (Å²) in [5, 5.41) is 0.508. The largest absolute Gasteiger partial charge is 0.377 e. The van der Waals surface area contributed by atoms with Gasteiger partial charge in [-0.25, -0.2) is 13.1 Å². The second kappa shape index (κ2) is 5.99. The molecule has 0 aromatic heterocycles. The number of nitrogens with two attached hydrogens (primary N) is 1. The average molecular weight is 319 g/mol. The van der Waals surface area contributed by atoms with Gasteiger partial charge in [0.15, 0.2) is 0 Å². The van der Waals surface area contributed by atoms with Crippen LogP contribution < -0.4 is 10.5 Å². The molecule has 20 heavy (non-hydrogen) atoms. The van der Waals surface area contributed by atoms with Crippen LogP contribution in [0.2, 0.25) is 5.02 Å². The molecule has 0 radical (unpaired) electrons. The van der Waals surface area contributed by atoms with Crippen LogP contribution in [0, 0.1) is 6.92 Å². The van der Waals surface area contributed by atoms with Gasteiger partial charge in [-0.1, -0.05) is 11.6 Å². The summed E-state index contributed by atoms with van der Waals surface area (Å²) >= 11 is 5.84. The van der Waals surface area contributed by atoms with Crippen molar-refractivity contribution in [2.75, 3.05) is 6.61 Å². The molecule has 0 aliphatic heterocycles. The normalized spacial score (nSPS) is 26.3. The van der Waals surface area contributed by atoms with Crippen molar-refractivity contribution < 1.29 is 13.2 Å². The molecule has 0 heterocycles.